The quantitative estimate of drug-likeness (QED) is 0.313. The van der Waals surface area contributed by atoms with Crippen LogP contribution in [0.4, 0.5) is 11.4 Å². The van der Waals surface area contributed by atoms with Crippen molar-refractivity contribution in [3.05, 3.63) is 84.9 Å². The fraction of sp³-hybridized carbons (Fsp3) is 0.441. The number of anilines is 2. The van der Waals surface area contributed by atoms with E-state index in [1.807, 2.05) is 44.2 Å². The first-order valence-electron chi connectivity index (χ1n) is 15.0. The van der Waals surface area contributed by atoms with E-state index in [4.69, 9.17) is 11.6 Å². The molecule has 43 heavy (non-hydrogen) atoms. The number of aliphatic hydroxyl groups excluding tert-OH is 1. The van der Waals surface area contributed by atoms with E-state index in [0.717, 1.165) is 18.5 Å². The van der Waals surface area contributed by atoms with Crippen molar-refractivity contribution >= 4 is 52.5 Å². The van der Waals surface area contributed by atoms with Crippen LogP contribution in [0, 0.1) is 17.8 Å². The van der Waals surface area contributed by atoms with E-state index in [1.165, 1.54) is 0 Å². The molecular formula is C34H40ClN3O4S. The lowest BCUT2D eigenvalue weighted by atomic mass is 9.70. The number of likely N-dealkylation sites (tertiary alicyclic amines) is 1. The van der Waals surface area contributed by atoms with E-state index in [-0.39, 0.29) is 42.0 Å². The average molecular weight is 622 g/mol. The average Bonchev–Trinajstić information content (AvgIpc) is 3.67. The van der Waals surface area contributed by atoms with Gasteiger partial charge in [0.05, 0.1) is 29.2 Å². The molecule has 3 aliphatic rings. The Kier molecular flexibility index (Phi) is 9.40. The molecule has 2 bridgehead atoms. The number of aliphatic hydroxyl groups is 1. The number of hydrogen-bond acceptors (Lipinski definition) is 5. The summed E-state index contributed by atoms with van der Waals surface area (Å²) in [6, 6.07) is 15.1. The number of halogens is 1. The molecule has 0 radical (unpaired) electrons. The maximum atomic E-state index is 14.8. The maximum absolute atomic E-state index is 14.8. The summed E-state index contributed by atoms with van der Waals surface area (Å²) in [4.78, 5) is 49.0. The van der Waals surface area contributed by atoms with E-state index in [0.29, 0.717) is 23.7 Å². The lowest BCUT2D eigenvalue weighted by Crippen LogP contribution is -2.58. The van der Waals surface area contributed by atoms with Crippen molar-refractivity contribution < 1.29 is 19.5 Å². The predicted molar refractivity (Wildman–Crippen MR) is 174 cm³/mol. The number of fused-ring (bicyclic) bond motifs is 1. The SMILES string of the molecule is C=CCN(C(=O)C1N([C@@H](CO)[C@@H](C)CC)C(=O)[C@@H]2[C@@H](C(=O)N(CC=C)c3ccccc3)[C@H]3CCC12S3)c1ccc(Cl)cc1. The van der Waals surface area contributed by atoms with Crippen molar-refractivity contribution in [1.82, 2.24) is 4.90 Å². The number of carbonyl (C=O) groups is 3. The molecule has 9 heteroatoms. The van der Waals surface area contributed by atoms with E-state index in [2.05, 4.69) is 13.2 Å². The van der Waals surface area contributed by atoms with Gasteiger partial charge in [0, 0.05) is 34.7 Å². The molecule has 0 aromatic heterocycles. The van der Waals surface area contributed by atoms with Gasteiger partial charge in [-0.25, -0.2) is 0 Å². The standard InChI is InChI=1S/C34H40ClN3O4S/c1-5-19-36(24-11-9-8-10-12-24)31(40)28-27-17-18-34(43-27)29(28)32(41)38(26(21-39)22(4)7-3)30(34)33(42)37(20-6-2)25-15-13-23(35)14-16-25/h5-6,8-16,22,26-30,39H,1-2,7,17-21H2,3-4H3/t22-,26-,27+,28-,29-,30?,34?/m0/s1. The van der Waals surface area contributed by atoms with Crippen molar-refractivity contribution in [3.8, 4) is 0 Å². The van der Waals surface area contributed by atoms with Crippen LogP contribution >= 0.6 is 23.4 Å². The molecule has 3 aliphatic heterocycles. The van der Waals surface area contributed by atoms with Crippen LogP contribution in [0.3, 0.4) is 0 Å². The number of carbonyl (C=O) groups excluding carboxylic acids is 3. The highest BCUT2D eigenvalue weighted by atomic mass is 35.5. The van der Waals surface area contributed by atoms with Crippen LogP contribution in [0.25, 0.3) is 0 Å². The molecule has 0 saturated carbocycles. The third-order valence-corrected chi connectivity index (χ3v) is 11.7. The van der Waals surface area contributed by atoms with Gasteiger partial charge in [0.25, 0.3) is 5.91 Å². The third kappa shape index (κ3) is 5.32. The minimum atomic E-state index is -0.843. The molecule has 1 spiro atoms. The van der Waals surface area contributed by atoms with Gasteiger partial charge in [0.2, 0.25) is 11.8 Å². The maximum Gasteiger partial charge on any atom is 0.251 e. The highest BCUT2D eigenvalue weighted by Crippen LogP contribution is 2.67. The molecular weight excluding hydrogens is 582 g/mol. The minimum Gasteiger partial charge on any atom is -0.394 e. The highest BCUT2D eigenvalue weighted by molar-refractivity contribution is 8.02. The molecule has 2 aromatic rings. The Bertz CT molecular complexity index is 1370. The zero-order chi connectivity index (χ0) is 30.9. The van der Waals surface area contributed by atoms with Crippen molar-refractivity contribution in [2.45, 2.75) is 55.2 Å². The topological polar surface area (TPSA) is 81.2 Å². The van der Waals surface area contributed by atoms with Gasteiger partial charge in [-0.05, 0) is 55.2 Å². The lowest BCUT2D eigenvalue weighted by molar-refractivity contribution is -0.143. The molecule has 3 saturated heterocycles. The van der Waals surface area contributed by atoms with Crippen molar-refractivity contribution in [2.24, 2.45) is 17.8 Å². The molecule has 3 fully saturated rings. The summed E-state index contributed by atoms with van der Waals surface area (Å²) in [5, 5.41) is 11.1. The Morgan fingerprint density at radius 3 is 2.26 bits per heavy atom. The van der Waals surface area contributed by atoms with Gasteiger partial charge in [0.15, 0.2) is 0 Å². The first-order valence-corrected chi connectivity index (χ1v) is 16.3. The summed E-state index contributed by atoms with van der Waals surface area (Å²) in [5.41, 5.74) is 1.40. The van der Waals surface area contributed by atoms with Crippen molar-refractivity contribution in [3.63, 3.8) is 0 Å². The minimum absolute atomic E-state index is 0.0548. The van der Waals surface area contributed by atoms with Gasteiger partial charge in [-0.3, -0.25) is 14.4 Å². The summed E-state index contributed by atoms with van der Waals surface area (Å²) >= 11 is 7.79. The largest absolute Gasteiger partial charge is 0.394 e. The lowest BCUT2D eigenvalue weighted by Gasteiger charge is -2.41. The highest BCUT2D eigenvalue weighted by Gasteiger charge is 2.75. The fourth-order valence-corrected chi connectivity index (χ4v) is 9.60. The van der Waals surface area contributed by atoms with E-state index >= 15 is 0 Å². The zero-order valence-electron chi connectivity index (χ0n) is 24.8. The number of amides is 3. The Morgan fingerprint density at radius 1 is 1.07 bits per heavy atom. The number of para-hydroxylation sites is 1. The molecule has 2 aromatic carbocycles. The van der Waals surface area contributed by atoms with Gasteiger partial charge in [-0.1, -0.05) is 62.2 Å². The third-order valence-electron chi connectivity index (χ3n) is 9.46. The van der Waals surface area contributed by atoms with Gasteiger partial charge in [-0.2, -0.15) is 0 Å². The summed E-state index contributed by atoms with van der Waals surface area (Å²) in [7, 11) is 0. The monoisotopic (exact) mass is 621 g/mol. The molecule has 7 nitrogen and oxygen atoms in total. The van der Waals surface area contributed by atoms with E-state index in [9.17, 15) is 19.5 Å². The van der Waals surface area contributed by atoms with Gasteiger partial charge >= 0.3 is 0 Å². The summed E-state index contributed by atoms with van der Waals surface area (Å²) in [6.07, 6.45) is 5.46. The van der Waals surface area contributed by atoms with Crippen LogP contribution in [0.1, 0.15) is 33.1 Å². The van der Waals surface area contributed by atoms with Crippen LogP contribution in [0.5, 0.6) is 0 Å². The second-order valence-electron chi connectivity index (χ2n) is 11.7. The molecule has 0 aliphatic carbocycles. The van der Waals surface area contributed by atoms with Crippen LogP contribution in [0.2, 0.25) is 5.02 Å². The number of nitrogens with zero attached hydrogens (tertiary/aromatic N) is 3. The Balaban J connectivity index is 1.61. The number of hydrogen-bond donors (Lipinski definition) is 1. The van der Waals surface area contributed by atoms with Crippen molar-refractivity contribution in [2.75, 3.05) is 29.5 Å². The summed E-state index contributed by atoms with van der Waals surface area (Å²) < 4.78 is -0.789. The molecule has 3 amide bonds. The molecule has 3 heterocycles. The zero-order valence-corrected chi connectivity index (χ0v) is 26.3. The van der Waals surface area contributed by atoms with Gasteiger partial charge in [0.1, 0.15) is 6.04 Å². The summed E-state index contributed by atoms with van der Waals surface area (Å²) in [6.45, 7) is 12.1. The first kappa shape index (κ1) is 31.4. The Hall–Kier alpha value is -3.07. The van der Waals surface area contributed by atoms with Gasteiger partial charge < -0.3 is 19.8 Å². The number of benzene rings is 2. The van der Waals surface area contributed by atoms with Crippen molar-refractivity contribution in [1.29, 1.82) is 0 Å². The normalized spacial score (nSPS) is 27.0. The van der Waals surface area contributed by atoms with Gasteiger partial charge in [-0.15, -0.1) is 24.9 Å². The first-order chi connectivity index (χ1) is 20.7. The van der Waals surface area contributed by atoms with Crippen LogP contribution in [0.15, 0.2) is 79.9 Å². The molecule has 5 rings (SSSR count). The Morgan fingerprint density at radius 2 is 1.67 bits per heavy atom. The summed E-state index contributed by atoms with van der Waals surface area (Å²) in [5.74, 6) is -1.89. The van der Waals surface area contributed by atoms with Crippen LogP contribution in [-0.4, -0.2) is 69.5 Å². The second kappa shape index (κ2) is 12.9. The van der Waals surface area contributed by atoms with Crippen LogP contribution < -0.4 is 9.80 Å². The number of thioether (sulfide) groups is 1. The molecule has 1 N–H and O–H groups in total. The molecule has 7 atom stereocenters. The Labute approximate surface area is 263 Å². The second-order valence-corrected chi connectivity index (χ2v) is 13.8. The van der Waals surface area contributed by atoms with Crippen LogP contribution in [-0.2, 0) is 14.4 Å². The number of rotatable bonds is 12. The van der Waals surface area contributed by atoms with E-state index < -0.39 is 28.7 Å². The molecule has 228 valence electrons. The predicted octanol–water partition coefficient (Wildman–Crippen LogP) is 5.58. The fourth-order valence-electron chi connectivity index (χ4n) is 7.28. The van der Waals surface area contributed by atoms with E-state index in [1.54, 1.807) is 62.9 Å². The molecule has 2 unspecified atom stereocenters. The smallest absolute Gasteiger partial charge is 0.251 e.